The lowest BCUT2D eigenvalue weighted by Gasteiger charge is -2.08. The van der Waals surface area contributed by atoms with Crippen LogP contribution < -0.4 is 10.6 Å². The van der Waals surface area contributed by atoms with Crippen LogP contribution in [0.1, 0.15) is 10.4 Å². The number of hydrogen-bond acceptors (Lipinski definition) is 5. The molecule has 3 aromatic heterocycles. The van der Waals surface area contributed by atoms with Crippen molar-refractivity contribution in [2.45, 2.75) is 0 Å². The Morgan fingerprint density at radius 3 is 2.67 bits per heavy atom. The summed E-state index contributed by atoms with van der Waals surface area (Å²) in [6, 6.07) is 9.30. The number of halogens is 1. The van der Waals surface area contributed by atoms with E-state index < -0.39 is 0 Å². The van der Waals surface area contributed by atoms with Crippen molar-refractivity contribution in [3.8, 4) is 5.82 Å². The SMILES string of the molecule is O=C(NCCNc1ccc(-n2cccc2)nn1)c1cncc(Br)c1. The van der Waals surface area contributed by atoms with Gasteiger partial charge >= 0.3 is 0 Å². The van der Waals surface area contributed by atoms with Crippen molar-refractivity contribution in [3.63, 3.8) is 0 Å². The summed E-state index contributed by atoms with van der Waals surface area (Å²) in [4.78, 5) is 15.9. The van der Waals surface area contributed by atoms with E-state index in [2.05, 4.69) is 41.7 Å². The molecule has 0 aromatic carbocycles. The van der Waals surface area contributed by atoms with E-state index in [0.717, 1.165) is 10.3 Å². The van der Waals surface area contributed by atoms with Gasteiger partial charge in [0.05, 0.1) is 5.56 Å². The van der Waals surface area contributed by atoms with Crippen molar-refractivity contribution in [1.82, 2.24) is 25.1 Å². The minimum atomic E-state index is -0.167. The lowest BCUT2D eigenvalue weighted by atomic mass is 10.3. The van der Waals surface area contributed by atoms with Crippen LogP contribution in [0.4, 0.5) is 5.82 Å². The number of rotatable bonds is 6. The predicted molar refractivity (Wildman–Crippen MR) is 94.1 cm³/mol. The maximum atomic E-state index is 12.0. The fraction of sp³-hybridized carbons (Fsp3) is 0.125. The van der Waals surface area contributed by atoms with E-state index in [-0.39, 0.29) is 5.91 Å². The van der Waals surface area contributed by atoms with Gasteiger partial charge in [0.15, 0.2) is 5.82 Å². The summed E-state index contributed by atoms with van der Waals surface area (Å²) in [5.74, 6) is 1.24. The molecule has 0 radical (unpaired) electrons. The highest BCUT2D eigenvalue weighted by molar-refractivity contribution is 9.10. The zero-order valence-corrected chi connectivity index (χ0v) is 14.3. The van der Waals surface area contributed by atoms with Crippen molar-refractivity contribution >= 4 is 27.7 Å². The Morgan fingerprint density at radius 2 is 1.96 bits per heavy atom. The van der Waals surface area contributed by atoms with Crippen molar-refractivity contribution in [3.05, 3.63) is 65.2 Å². The highest BCUT2D eigenvalue weighted by Crippen LogP contribution is 2.09. The van der Waals surface area contributed by atoms with E-state index in [1.807, 2.05) is 41.2 Å². The van der Waals surface area contributed by atoms with Gasteiger partial charge in [-0.2, -0.15) is 0 Å². The van der Waals surface area contributed by atoms with Gasteiger partial charge in [-0.3, -0.25) is 9.78 Å². The fourth-order valence-corrected chi connectivity index (χ4v) is 2.41. The lowest BCUT2D eigenvalue weighted by Crippen LogP contribution is -2.29. The maximum absolute atomic E-state index is 12.0. The van der Waals surface area contributed by atoms with Crippen molar-refractivity contribution in [2.24, 2.45) is 0 Å². The monoisotopic (exact) mass is 386 g/mol. The van der Waals surface area contributed by atoms with Crippen LogP contribution in [0.3, 0.4) is 0 Å². The Bertz CT molecular complexity index is 804. The summed E-state index contributed by atoms with van der Waals surface area (Å²) in [6.07, 6.45) is 6.97. The molecule has 0 aliphatic carbocycles. The third-order valence-electron chi connectivity index (χ3n) is 3.20. The minimum absolute atomic E-state index is 0.167. The number of anilines is 1. The van der Waals surface area contributed by atoms with Crippen molar-refractivity contribution in [1.29, 1.82) is 0 Å². The Kier molecular flexibility index (Phi) is 5.17. The Labute approximate surface area is 147 Å². The molecule has 2 N–H and O–H groups in total. The molecule has 0 atom stereocenters. The zero-order valence-electron chi connectivity index (χ0n) is 12.7. The second-order valence-corrected chi connectivity index (χ2v) is 5.86. The third-order valence-corrected chi connectivity index (χ3v) is 3.64. The molecule has 0 bridgehead atoms. The molecule has 8 heteroatoms. The summed E-state index contributed by atoms with van der Waals surface area (Å²) in [5.41, 5.74) is 0.514. The first kappa shape index (κ1) is 16.1. The predicted octanol–water partition coefficient (Wildman–Crippen LogP) is 2.27. The summed E-state index contributed by atoms with van der Waals surface area (Å²) < 4.78 is 2.65. The number of pyridine rings is 1. The summed E-state index contributed by atoms with van der Waals surface area (Å²) in [5, 5.41) is 14.2. The van der Waals surface area contributed by atoms with Crippen LogP contribution in [-0.4, -0.2) is 38.7 Å². The summed E-state index contributed by atoms with van der Waals surface area (Å²) in [6.45, 7) is 1.01. The number of nitrogens with zero attached hydrogens (tertiary/aromatic N) is 4. The molecule has 122 valence electrons. The van der Waals surface area contributed by atoms with Gasteiger partial charge in [0.1, 0.15) is 5.82 Å². The number of carbonyl (C=O) groups excluding carboxylic acids is 1. The molecule has 0 saturated heterocycles. The molecular formula is C16H15BrN6O. The topological polar surface area (TPSA) is 84.7 Å². The van der Waals surface area contributed by atoms with Crippen LogP contribution in [0.15, 0.2) is 59.6 Å². The van der Waals surface area contributed by atoms with Gasteiger partial charge < -0.3 is 15.2 Å². The van der Waals surface area contributed by atoms with Crippen LogP contribution in [0.5, 0.6) is 0 Å². The third kappa shape index (κ3) is 4.17. The first-order valence-electron chi connectivity index (χ1n) is 7.32. The van der Waals surface area contributed by atoms with E-state index in [1.165, 1.54) is 6.20 Å². The normalized spacial score (nSPS) is 10.4. The first-order chi connectivity index (χ1) is 11.7. The zero-order chi connectivity index (χ0) is 16.8. The molecule has 0 unspecified atom stereocenters. The van der Waals surface area contributed by atoms with E-state index in [1.54, 1.807) is 12.3 Å². The van der Waals surface area contributed by atoms with Gasteiger partial charge in [-0.25, -0.2) is 0 Å². The summed E-state index contributed by atoms with van der Waals surface area (Å²) in [7, 11) is 0. The van der Waals surface area contributed by atoms with E-state index in [9.17, 15) is 4.79 Å². The number of amides is 1. The van der Waals surface area contributed by atoms with E-state index in [0.29, 0.717) is 24.5 Å². The van der Waals surface area contributed by atoms with Gasteiger partial charge in [-0.05, 0) is 46.3 Å². The average molecular weight is 387 g/mol. The average Bonchev–Trinajstić information content (AvgIpc) is 3.14. The Balaban J connectivity index is 1.46. The fourth-order valence-electron chi connectivity index (χ4n) is 2.05. The van der Waals surface area contributed by atoms with Crippen molar-refractivity contribution in [2.75, 3.05) is 18.4 Å². The highest BCUT2D eigenvalue weighted by Gasteiger charge is 2.05. The number of nitrogens with one attached hydrogen (secondary N) is 2. The van der Waals surface area contributed by atoms with E-state index in [4.69, 9.17) is 0 Å². The van der Waals surface area contributed by atoms with Crippen molar-refractivity contribution < 1.29 is 4.79 Å². The molecule has 3 heterocycles. The first-order valence-corrected chi connectivity index (χ1v) is 8.11. The van der Waals surface area contributed by atoms with Gasteiger partial charge in [-0.1, -0.05) is 0 Å². The van der Waals surface area contributed by atoms with Gasteiger partial charge in [0, 0.05) is 42.3 Å². The highest BCUT2D eigenvalue weighted by atomic mass is 79.9. The molecule has 0 aliphatic rings. The van der Waals surface area contributed by atoms with Crippen LogP contribution in [0, 0.1) is 0 Å². The molecule has 1 amide bonds. The van der Waals surface area contributed by atoms with Crippen LogP contribution in [0.2, 0.25) is 0 Å². The van der Waals surface area contributed by atoms with Crippen LogP contribution in [0.25, 0.3) is 5.82 Å². The molecule has 3 rings (SSSR count). The molecule has 0 saturated carbocycles. The van der Waals surface area contributed by atoms with Crippen LogP contribution >= 0.6 is 15.9 Å². The molecule has 0 spiro atoms. The molecule has 7 nitrogen and oxygen atoms in total. The second kappa shape index (κ2) is 7.69. The number of carbonyl (C=O) groups is 1. The Hall–Kier alpha value is -2.74. The maximum Gasteiger partial charge on any atom is 0.252 e. The number of aromatic nitrogens is 4. The molecule has 0 fully saturated rings. The quantitative estimate of drug-likeness (QED) is 0.634. The Morgan fingerprint density at radius 1 is 1.12 bits per heavy atom. The molecule has 0 aliphatic heterocycles. The standard InChI is InChI=1S/C16H15BrN6O/c17-13-9-12(10-18-11-13)16(24)20-6-5-19-14-3-4-15(22-21-14)23-7-1-2-8-23/h1-4,7-11H,5-6H2,(H,19,21)(H,20,24). The van der Waals surface area contributed by atoms with Gasteiger partial charge in [0.25, 0.3) is 5.91 Å². The van der Waals surface area contributed by atoms with Gasteiger partial charge in [-0.15, -0.1) is 10.2 Å². The molecule has 24 heavy (non-hydrogen) atoms. The second-order valence-electron chi connectivity index (χ2n) is 4.94. The van der Waals surface area contributed by atoms with E-state index >= 15 is 0 Å². The summed E-state index contributed by atoms with van der Waals surface area (Å²) >= 11 is 3.29. The smallest absolute Gasteiger partial charge is 0.252 e. The molecule has 3 aromatic rings. The minimum Gasteiger partial charge on any atom is -0.367 e. The van der Waals surface area contributed by atoms with Crippen LogP contribution in [-0.2, 0) is 0 Å². The molecular weight excluding hydrogens is 372 g/mol. The number of hydrogen-bond donors (Lipinski definition) is 2. The lowest BCUT2D eigenvalue weighted by molar-refractivity contribution is 0.0954. The largest absolute Gasteiger partial charge is 0.367 e. The van der Waals surface area contributed by atoms with Gasteiger partial charge in [0.2, 0.25) is 0 Å².